The van der Waals surface area contributed by atoms with Gasteiger partial charge in [-0.2, -0.15) is 0 Å². The van der Waals surface area contributed by atoms with E-state index in [-0.39, 0.29) is 25.9 Å². The van der Waals surface area contributed by atoms with Gasteiger partial charge in [0.2, 0.25) is 0 Å². The molecular weight excluding hydrogens is 952 g/mol. The number of ether oxygens (including phenoxy) is 3. The molecule has 0 saturated heterocycles. The first kappa shape index (κ1) is 71.2. The van der Waals surface area contributed by atoms with E-state index in [2.05, 4.69) is 81.5 Å². The molecule has 0 amide bonds. The Hall–Kier alpha value is -2.82. The number of hydrogen-bond acceptors (Lipinski definition) is 10. The van der Waals surface area contributed by atoms with E-state index in [9.17, 15) is 28.9 Å². The summed E-state index contributed by atoms with van der Waals surface area (Å²) in [5, 5.41) is 9.81. The first-order chi connectivity index (χ1) is 36.2. The van der Waals surface area contributed by atoms with Crippen LogP contribution in [0.2, 0.25) is 0 Å². The molecule has 0 radical (unpaired) electrons. The summed E-state index contributed by atoms with van der Waals surface area (Å²) < 4.78 is 39.6. The number of esters is 3. The Bertz CT molecular complexity index is 1470. The molecular formula is C62H111O11P. The summed E-state index contributed by atoms with van der Waals surface area (Å²) in [7, 11) is -4.76. The lowest BCUT2D eigenvalue weighted by molar-refractivity contribution is -0.161. The standard InChI is InChI=1S/C62H111O11P/c1-4-7-10-13-16-19-22-25-27-29-31-34-36-39-42-45-48-51-60(64)69-55-59(73-62(66)53-50-47-44-41-38-35-32-30-28-26-23-20-17-14-11-8-5-2)57-71-74(67,68)70-56-58(54-63)72-61(65)52-49-46-43-40-37-33-24-21-18-15-12-9-6-3/h9,12,16,18-19,21,25,27,33,37,58-59,63H,4-8,10-11,13-15,17,20,22-24,26,28-32,34-36,38-57H2,1-3H3,(H,67,68)/b12-9-,19-16-,21-18-,27-25-,37-33-. The van der Waals surface area contributed by atoms with E-state index in [1.54, 1.807) is 0 Å². The van der Waals surface area contributed by atoms with Gasteiger partial charge in [-0.3, -0.25) is 23.4 Å². The second-order valence-corrected chi connectivity index (χ2v) is 21.6. The topological polar surface area (TPSA) is 155 Å². The van der Waals surface area contributed by atoms with Crippen molar-refractivity contribution in [2.75, 3.05) is 26.4 Å². The van der Waals surface area contributed by atoms with Crippen LogP contribution < -0.4 is 0 Å². The molecule has 0 aliphatic carbocycles. The van der Waals surface area contributed by atoms with Gasteiger partial charge in [-0.05, 0) is 83.5 Å². The van der Waals surface area contributed by atoms with Gasteiger partial charge in [-0.1, -0.05) is 236 Å². The summed E-state index contributed by atoms with van der Waals surface area (Å²) in [5.74, 6) is -1.49. The molecule has 0 aliphatic heterocycles. The SMILES string of the molecule is CC/C=C\C/C=C\C/C=C\CCCCCC(=O)OC(CO)COP(=O)(O)OCC(COC(=O)CCCCCCCCC/C=C\C/C=C\CCCCC)OC(=O)CCCCCCCCCCCCCCCCCCC. The predicted octanol–water partition coefficient (Wildman–Crippen LogP) is 17.9. The highest BCUT2D eigenvalue weighted by Crippen LogP contribution is 2.43. The maximum Gasteiger partial charge on any atom is 0.472 e. The van der Waals surface area contributed by atoms with Crippen LogP contribution in [0, 0.1) is 0 Å². The number of rotatable bonds is 56. The third-order valence-corrected chi connectivity index (χ3v) is 13.9. The molecule has 12 heteroatoms. The molecule has 430 valence electrons. The van der Waals surface area contributed by atoms with Gasteiger partial charge in [0.05, 0.1) is 19.8 Å². The Morgan fingerprint density at radius 2 is 0.703 bits per heavy atom. The highest BCUT2D eigenvalue weighted by molar-refractivity contribution is 7.47. The monoisotopic (exact) mass is 1060 g/mol. The smallest absolute Gasteiger partial charge is 0.462 e. The van der Waals surface area contributed by atoms with Crippen molar-refractivity contribution in [1.29, 1.82) is 0 Å². The summed E-state index contributed by atoms with van der Waals surface area (Å²) >= 11 is 0. The molecule has 0 aromatic heterocycles. The molecule has 0 rings (SSSR count). The van der Waals surface area contributed by atoms with Crippen molar-refractivity contribution in [3.05, 3.63) is 60.8 Å². The maximum absolute atomic E-state index is 12.9. The van der Waals surface area contributed by atoms with Crippen molar-refractivity contribution >= 4 is 25.7 Å². The molecule has 3 unspecified atom stereocenters. The predicted molar refractivity (Wildman–Crippen MR) is 307 cm³/mol. The zero-order valence-electron chi connectivity index (χ0n) is 47.6. The fourth-order valence-electron chi connectivity index (χ4n) is 8.34. The van der Waals surface area contributed by atoms with Gasteiger partial charge in [-0.25, -0.2) is 4.57 Å². The van der Waals surface area contributed by atoms with Gasteiger partial charge in [-0.15, -0.1) is 0 Å². The highest BCUT2D eigenvalue weighted by Gasteiger charge is 2.28. The van der Waals surface area contributed by atoms with E-state index in [1.165, 1.54) is 128 Å². The molecule has 74 heavy (non-hydrogen) atoms. The zero-order chi connectivity index (χ0) is 54.1. The Morgan fingerprint density at radius 3 is 1.12 bits per heavy atom. The largest absolute Gasteiger partial charge is 0.472 e. The van der Waals surface area contributed by atoms with Crippen LogP contribution in [0.4, 0.5) is 0 Å². The zero-order valence-corrected chi connectivity index (χ0v) is 48.5. The molecule has 0 saturated carbocycles. The minimum Gasteiger partial charge on any atom is -0.462 e. The number of carbonyl (C=O) groups excluding carboxylic acids is 3. The Kier molecular flexibility index (Phi) is 54.2. The summed E-state index contributed by atoms with van der Waals surface area (Å²) in [5.41, 5.74) is 0. The quantitative estimate of drug-likeness (QED) is 0.0197. The Morgan fingerprint density at radius 1 is 0.392 bits per heavy atom. The molecule has 0 spiro atoms. The van der Waals surface area contributed by atoms with Crippen molar-refractivity contribution in [3.63, 3.8) is 0 Å². The van der Waals surface area contributed by atoms with Crippen LogP contribution in [0.15, 0.2) is 60.8 Å². The number of phosphoric acid groups is 1. The first-order valence-corrected chi connectivity index (χ1v) is 31.7. The highest BCUT2D eigenvalue weighted by atomic mass is 31.2. The molecule has 0 aromatic carbocycles. The van der Waals surface area contributed by atoms with Crippen molar-refractivity contribution in [2.24, 2.45) is 0 Å². The van der Waals surface area contributed by atoms with Gasteiger partial charge < -0.3 is 24.2 Å². The first-order valence-electron chi connectivity index (χ1n) is 30.2. The fraction of sp³-hybridized carbons (Fsp3) is 0.790. The van der Waals surface area contributed by atoms with E-state index in [0.29, 0.717) is 19.3 Å². The summed E-state index contributed by atoms with van der Waals surface area (Å²) in [4.78, 5) is 48.6. The average Bonchev–Trinajstić information content (AvgIpc) is 3.39. The number of phosphoric ester groups is 1. The second-order valence-electron chi connectivity index (χ2n) is 20.1. The summed E-state index contributed by atoms with van der Waals surface area (Å²) in [6.07, 6.45) is 61.8. The van der Waals surface area contributed by atoms with Crippen LogP contribution >= 0.6 is 7.82 Å². The molecule has 11 nitrogen and oxygen atoms in total. The average molecular weight is 1060 g/mol. The molecule has 2 N–H and O–H groups in total. The minimum atomic E-state index is -4.76. The van der Waals surface area contributed by atoms with Crippen molar-refractivity contribution in [2.45, 2.75) is 290 Å². The summed E-state index contributed by atoms with van der Waals surface area (Å²) in [6, 6.07) is 0. The van der Waals surface area contributed by atoms with Crippen LogP contribution in [-0.4, -0.2) is 66.5 Å². The number of allylic oxidation sites excluding steroid dienone is 10. The fourth-order valence-corrected chi connectivity index (χ4v) is 9.13. The van der Waals surface area contributed by atoms with Gasteiger partial charge in [0, 0.05) is 19.3 Å². The lowest BCUT2D eigenvalue weighted by Crippen LogP contribution is -2.30. The van der Waals surface area contributed by atoms with Crippen LogP contribution in [0.1, 0.15) is 278 Å². The van der Waals surface area contributed by atoms with Crippen LogP contribution in [-0.2, 0) is 42.2 Å². The lowest BCUT2D eigenvalue weighted by atomic mass is 10.0. The minimum absolute atomic E-state index is 0.142. The van der Waals surface area contributed by atoms with E-state index < -0.39 is 57.8 Å². The lowest BCUT2D eigenvalue weighted by Gasteiger charge is -2.21. The molecule has 0 heterocycles. The van der Waals surface area contributed by atoms with Gasteiger partial charge in [0.25, 0.3) is 0 Å². The second kappa shape index (κ2) is 56.4. The van der Waals surface area contributed by atoms with Crippen molar-refractivity contribution < 1.29 is 52.2 Å². The molecule has 0 aromatic rings. The summed E-state index contributed by atoms with van der Waals surface area (Å²) in [6.45, 7) is 4.50. The number of aliphatic hydroxyl groups excluding tert-OH is 1. The molecule has 3 atom stereocenters. The molecule has 0 fully saturated rings. The van der Waals surface area contributed by atoms with Crippen LogP contribution in [0.3, 0.4) is 0 Å². The van der Waals surface area contributed by atoms with E-state index in [0.717, 1.165) is 89.9 Å². The van der Waals surface area contributed by atoms with E-state index in [1.807, 2.05) is 0 Å². The third-order valence-electron chi connectivity index (χ3n) is 12.9. The van der Waals surface area contributed by atoms with Crippen LogP contribution in [0.25, 0.3) is 0 Å². The number of aliphatic hydroxyl groups is 1. The third kappa shape index (κ3) is 54.0. The molecule has 0 aliphatic rings. The number of carbonyl (C=O) groups is 3. The van der Waals surface area contributed by atoms with E-state index >= 15 is 0 Å². The van der Waals surface area contributed by atoms with Gasteiger partial charge >= 0.3 is 25.7 Å². The van der Waals surface area contributed by atoms with Crippen molar-refractivity contribution in [1.82, 2.24) is 0 Å². The van der Waals surface area contributed by atoms with Crippen LogP contribution in [0.5, 0.6) is 0 Å². The van der Waals surface area contributed by atoms with Crippen molar-refractivity contribution in [3.8, 4) is 0 Å². The van der Waals surface area contributed by atoms with Gasteiger partial charge in [0.1, 0.15) is 12.7 Å². The Labute approximate surface area is 453 Å². The number of hydrogen-bond donors (Lipinski definition) is 2. The number of unbranched alkanes of at least 4 members (excludes halogenated alkanes) is 29. The van der Waals surface area contributed by atoms with Gasteiger partial charge in [0.15, 0.2) is 6.10 Å². The maximum atomic E-state index is 12.9. The Balaban J connectivity index is 4.73. The molecule has 0 bridgehead atoms. The van der Waals surface area contributed by atoms with E-state index in [4.69, 9.17) is 23.3 Å². The normalized spacial score (nSPS) is 13.7.